The van der Waals surface area contributed by atoms with E-state index in [0.717, 1.165) is 22.7 Å². The molecule has 0 aliphatic rings. The molecule has 0 atom stereocenters. The molecule has 6 heteroatoms. The maximum atomic E-state index is 11.9. The Bertz CT molecular complexity index is 584. The second-order valence-electron chi connectivity index (χ2n) is 4.46. The van der Waals surface area contributed by atoms with Crippen molar-refractivity contribution >= 4 is 28.8 Å². The van der Waals surface area contributed by atoms with Crippen molar-refractivity contribution in [2.75, 3.05) is 20.3 Å². The molecule has 0 fully saturated rings. The molecule has 1 heterocycles. The van der Waals surface area contributed by atoms with Gasteiger partial charge in [0.2, 0.25) is 0 Å². The highest BCUT2D eigenvalue weighted by Crippen LogP contribution is 2.24. The molecule has 2 rings (SSSR count). The third-order valence-corrected chi connectivity index (χ3v) is 4.11. The molecule has 0 unspecified atom stereocenters. The fraction of sp³-hybridized carbons (Fsp3) is 0.333. The van der Waals surface area contributed by atoms with E-state index < -0.39 is 0 Å². The molecule has 0 bridgehead atoms. The van der Waals surface area contributed by atoms with E-state index in [-0.39, 0.29) is 5.91 Å². The van der Waals surface area contributed by atoms with Gasteiger partial charge in [0.1, 0.15) is 5.01 Å². The third kappa shape index (κ3) is 4.52. The van der Waals surface area contributed by atoms with E-state index in [0.29, 0.717) is 24.6 Å². The molecule has 4 nitrogen and oxygen atoms in total. The van der Waals surface area contributed by atoms with Crippen LogP contribution in [0.4, 0.5) is 0 Å². The lowest BCUT2D eigenvalue weighted by Crippen LogP contribution is -2.25. The molecule has 0 aliphatic heterocycles. The van der Waals surface area contributed by atoms with Crippen LogP contribution in [0.5, 0.6) is 0 Å². The van der Waals surface area contributed by atoms with E-state index in [4.69, 9.17) is 16.3 Å². The zero-order valence-electron chi connectivity index (χ0n) is 11.8. The molecule has 0 spiro atoms. The number of hydrogen-bond acceptors (Lipinski definition) is 4. The van der Waals surface area contributed by atoms with Crippen LogP contribution in [0.1, 0.15) is 22.5 Å². The molecule has 21 heavy (non-hydrogen) atoms. The highest BCUT2D eigenvalue weighted by molar-refractivity contribution is 7.13. The Balaban J connectivity index is 1.96. The number of rotatable bonds is 7. The molecule has 112 valence electrons. The van der Waals surface area contributed by atoms with Crippen LogP contribution in [0.2, 0.25) is 0 Å². The third-order valence-electron chi connectivity index (χ3n) is 2.89. The van der Waals surface area contributed by atoms with Crippen molar-refractivity contribution in [1.82, 2.24) is 10.3 Å². The summed E-state index contributed by atoms with van der Waals surface area (Å²) < 4.78 is 4.94. The number of nitrogens with one attached hydrogen (secondary N) is 1. The van der Waals surface area contributed by atoms with Crippen molar-refractivity contribution < 1.29 is 9.53 Å². The summed E-state index contributed by atoms with van der Waals surface area (Å²) in [4.78, 5) is 16.3. The normalized spacial score (nSPS) is 10.6. The molecule has 1 aromatic carbocycles. The molecular weight excluding hydrogens is 308 g/mol. The second kappa shape index (κ2) is 8.12. The zero-order valence-corrected chi connectivity index (χ0v) is 13.3. The highest BCUT2D eigenvalue weighted by atomic mass is 35.5. The fourth-order valence-electron chi connectivity index (χ4n) is 1.79. The molecule has 1 aromatic heterocycles. The van der Waals surface area contributed by atoms with Crippen molar-refractivity contribution in [3.8, 4) is 10.6 Å². The first-order valence-corrected chi connectivity index (χ1v) is 8.04. The quantitative estimate of drug-likeness (QED) is 0.628. The molecule has 0 saturated carbocycles. The largest absolute Gasteiger partial charge is 0.385 e. The molecule has 2 aromatic rings. The Hall–Kier alpha value is -1.43. The summed E-state index contributed by atoms with van der Waals surface area (Å²) in [5, 5.41) is 5.71. The van der Waals surface area contributed by atoms with Crippen LogP contribution in [0.3, 0.4) is 0 Å². The van der Waals surface area contributed by atoms with Gasteiger partial charge in [-0.15, -0.1) is 22.9 Å². The van der Waals surface area contributed by atoms with E-state index in [9.17, 15) is 4.79 Å². The highest BCUT2D eigenvalue weighted by Gasteiger charge is 2.07. The van der Waals surface area contributed by atoms with E-state index >= 15 is 0 Å². The van der Waals surface area contributed by atoms with Crippen LogP contribution in [-0.4, -0.2) is 31.2 Å². The van der Waals surface area contributed by atoms with Gasteiger partial charge in [-0.3, -0.25) is 4.79 Å². The van der Waals surface area contributed by atoms with Crippen LogP contribution < -0.4 is 5.32 Å². The van der Waals surface area contributed by atoms with Gasteiger partial charge in [-0.1, -0.05) is 12.1 Å². The maximum absolute atomic E-state index is 11.9. The summed E-state index contributed by atoms with van der Waals surface area (Å²) in [5.74, 6) is 0.344. The van der Waals surface area contributed by atoms with Gasteiger partial charge in [-0.2, -0.15) is 0 Å². The van der Waals surface area contributed by atoms with Crippen molar-refractivity contribution in [1.29, 1.82) is 0 Å². The van der Waals surface area contributed by atoms with Crippen molar-refractivity contribution in [3.05, 3.63) is 40.9 Å². The Morgan fingerprint density at radius 3 is 2.76 bits per heavy atom. The van der Waals surface area contributed by atoms with Crippen LogP contribution >= 0.6 is 22.9 Å². The van der Waals surface area contributed by atoms with Crippen molar-refractivity contribution in [2.24, 2.45) is 0 Å². The summed E-state index contributed by atoms with van der Waals surface area (Å²) in [6.07, 6.45) is 0.806. The number of hydrogen-bond donors (Lipinski definition) is 1. The van der Waals surface area contributed by atoms with Crippen LogP contribution in [0.25, 0.3) is 10.6 Å². The molecule has 0 saturated heterocycles. The average Bonchev–Trinajstić information content (AvgIpc) is 3.00. The Kier molecular flexibility index (Phi) is 6.17. The van der Waals surface area contributed by atoms with Gasteiger partial charge < -0.3 is 10.1 Å². The summed E-state index contributed by atoms with van der Waals surface area (Å²) >= 11 is 7.30. The molecular formula is C15H17ClN2O2S. The summed E-state index contributed by atoms with van der Waals surface area (Å²) in [7, 11) is 1.65. The molecule has 0 aliphatic carbocycles. The minimum Gasteiger partial charge on any atom is -0.385 e. The number of alkyl halides is 1. The van der Waals surface area contributed by atoms with Gasteiger partial charge in [0.05, 0.1) is 11.6 Å². The van der Waals surface area contributed by atoms with Gasteiger partial charge in [-0.05, 0) is 18.6 Å². The summed E-state index contributed by atoms with van der Waals surface area (Å²) in [6.45, 7) is 1.26. The Morgan fingerprint density at radius 2 is 2.14 bits per heavy atom. The van der Waals surface area contributed by atoms with Crippen molar-refractivity contribution in [3.63, 3.8) is 0 Å². The number of ether oxygens (including phenoxy) is 1. The van der Waals surface area contributed by atoms with Crippen LogP contribution in [-0.2, 0) is 10.6 Å². The summed E-state index contributed by atoms with van der Waals surface area (Å²) in [5.41, 5.74) is 2.51. The van der Waals surface area contributed by atoms with Crippen LogP contribution in [0, 0.1) is 0 Å². The summed E-state index contributed by atoms with van der Waals surface area (Å²) in [6, 6.07) is 7.42. The van der Waals surface area contributed by atoms with Gasteiger partial charge in [0.25, 0.3) is 5.91 Å². The fourth-order valence-corrected chi connectivity index (χ4v) is 2.84. The van der Waals surface area contributed by atoms with Gasteiger partial charge >= 0.3 is 0 Å². The topological polar surface area (TPSA) is 51.2 Å². The SMILES string of the molecule is COCCCNC(=O)c1ccc(-c2nc(CCl)cs2)cc1. The van der Waals surface area contributed by atoms with Gasteiger partial charge in [0.15, 0.2) is 0 Å². The standard InChI is InChI=1S/C15H17ClN2O2S/c1-20-8-2-7-17-14(19)11-3-5-12(6-4-11)15-18-13(9-16)10-21-15/h3-6,10H,2,7-9H2,1H3,(H,17,19). The number of halogens is 1. The Labute approximate surface area is 133 Å². The number of benzene rings is 1. The lowest BCUT2D eigenvalue weighted by molar-refractivity contribution is 0.0948. The van der Waals surface area contributed by atoms with Crippen molar-refractivity contribution in [2.45, 2.75) is 12.3 Å². The number of carbonyl (C=O) groups is 1. The number of thiazole rings is 1. The first-order valence-electron chi connectivity index (χ1n) is 6.62. The monoisotopic (exact) mass is 324 g/mol. The molecule has 1 N–H and O–H groups in total. The van der Waals surface area contributed by atoms with E-state index in [1.807, 2.05) is 29.6 Å². The Morgan fingerprint density at radius 1 is 1.38 bits per heavy atom. The first kappa shape index (κ1) is 15.9. The smallest absolute Gasteiger partial charge is 0.251 e. The molecule has 0 radical (unpaired) electrons. The predicted octanol–water partition coefficient (Wildman–Crippen LogP) is 3.32. The average molecular weight is 325 g/mol. The second-order valence-corrected chi connectivity index (χ2v) is 5.58. The minimum absolute atomic E-state index is 0.0711. The van der Waals surface area contributed by atoms with E-state index in [2.05, 4.69) is 10.3 Å². The minimum atomic E-state index is -0.0711. The number of amides is 1. The number of methoxy groups -OCH3 is 1. The number of carbonyl (C=O) groups excluding carboxylic acids is 1. The zero-order chi connectivity index (χ0) is 15.1. The van der Waals surface area contributed by atoms with Gasteiger partial charge in [-0.25, -0.2) is 4.98 Å². The van der Waals surface area contributed by atoms with Crippen LogP contribution in [0.15, 0.2) is 29.6 Å². The number of aromatic nitrogens is 1. The van der Waals surface area contributed by atoms with E-state index in [1.54, 1.807) is 18.4 Å². The maximum Gasteiger partial charge on any atom is 0.251 e. The van der Waals surface area contributed by atoms with E-state index in [1.165, 1.54) is 0 Å². The molecule has 1 amide bonds. The first-order chi connectivity index (χ1) is 10.2. The lowest BCUT2D eigenvalue weighted by Gasteiger charge is -2.05. The van der Waals surface area contributed by atoms with Gasteiger partial charge in [0, 0.05) is 36.8 Å². The predicted molar refractivity (Wildman–Crippen MR) is 85.9 cm³/mol. The number of nitrogens with zero attached hydrogens (tertiary/aromatic N) is 1. The lowest BCUT2D eigenvalue weighted by atomic mass is 10.1.